The number of rotatable bonds is 5. The summed E-state index contributed by atoms with van der Waals surface area (Å²) in [6.45, 7) is 4.59. The van der Waals surface area contributed by atoms with Crippen LogP contribution in [0.4, 0.5) is 0 Å². The van der Waals surface area contributed by atoms with Crippen molar-refractivity contribution in [3.05, 3.63) is 0 Å². The molecule has 0 aliphatic carbocycles. The van der Waals surface area contributed by atoms with Crippen LogP contribution in [-0.4, -0.2) is 22.6 Å². The van der Waals surface area contributed by atoms with E-state index in [1.807, 2.05) is 6.92 Å². The van der Waals surface area contributed by atoms with Crippen molar-refractivity contribution in [3.8, 4) is 0 Å². The highest BCUT2D eigenvalue weighted by Gasteiger charge is 2.35. The SMILES string of the molecule is CCCC[C@@](C)(OC(C)=O)C(=O)O. The quantitative estimate of drug-likeness (QED) is 0.665. The molecule has 0 bridgehead atoms. The average Bonchev–Trinajstić information content (AvgIpc) is 1.99. The first-order valence-corrected chi connectivity index (χ1v) is 4.35. The molecule has 0 aromatic rings. The minimum atomic E-state index is -1.36. The maximum Gasteiger partial charge on any atom is 0.347 e. The fraction of sp³-hybridized carbons (Fsp3) is 0.778. The summed E-state index contributed by atoms with van der Waals surface area (Å²) in [5.41, 5.74) is -1.36. The zero-order valence-corrected chi connectivity index (χ0v) is 8.29. The smallest absolute Gasteiger partial charge is 0.347 e. The molecule has 0 aliphatic heterocycles. The Morgan fingerprint density at radius 1 is 1.46 bits per heavy atom. The summed E-state index contributed by atoms with van der Waals surface area (Å²) in [6, 6.07) is 0. The van der Waals surface area contributed by atoms with E-state index in [1.165, 1.54) is 13.8 Å². The van der Waals surface area contributed by atoms with Crippen molar-refractivity contribution in [3.63, 3.8) is 0 Å². The van der Waals surface area contributed by atoms with Gasteiger partial charge < -0.3 is 9.84 Å². The van der Waals surface area contributed by atoms with Gasteiger partial charge in [-0.15, -0.1) is 0 Å². The molecule has 13 heavy (non-hydrogen) atoms. The Morgan fingerprint density at radius 2 is 2.00 bits per heavy atom. The second kappa shape index (κ2) is 4.84. The van der Waals surface area contributed by atoms with Crippen LogP contribution in [0.3, 0.4) is 0 Å². The molecule has 4 heteroatoms. The topological polar surface area (TPSA) is 63.6 Å². The van der Waals surface area contributed by atoms with Crippen LogP contribution in [-0.2, 0) is 14.3 Å². The van der Waals surface area contributed by atoms with Gasteiger partial charge in [0.25, 0.3) is 0 Å². The number of hydrogen-bond donors (Lipinski definition) is 1. The zero-order valence-electron chi connectivity index (χ0n) is 8.29. The van der Waals surface area contributed by atoms with Gasteiger partial charge in [-0.2, -0.15) is 0 Å². The Bertz CT molecular complexity index is 200. The third kappa shape index (κ3) is 3.92. The van der Waals surface area contributed by atoms with Gasteiger partial charge in [0.05, 0.1) is 0 Å². The molecule has 1 N–H and O–H groups in total. The minimum Gasteiger partial charge on any atom is -0.478 e. The highest BCUT2D eigenvalue weighted by molar-refractivity contribution is 5.80. The van der Waals surface area contributed by atoms with E-state index in [4.69, 9.17) is 9.84 Å². The molecule has 76 valence electrons. The number of carboxylic acids is 1. The third-order valence-corrected chi connectivity index (χ3v) is 1.83. The summed E-state index contributed by atoms with van der Waals surface area (Å²) < 4.78 is 4.76. The Labute approximate surface area is 77.9 Å². The van der Waals surface area contributed by atoms with E-state index in [0.717, 1.165) is 12.8 Å². The summed E-state index contributed by atoms with van der Waals surface area (Å²) >= 11 is 0. The summed E-state index contributed by atoms with van der Waals surface area (Å²) in [5.74, 6) is -1.64. The molecule has 0 spiro atoms. The van der Waals surface area contributed by atoms with Crippen molar-refractivity contribution in [1.29, 1.82) is 0 Å². The molecule has 0 amide bonds. The molecule has 0 aromatic heterocycles. The maximum atomic E-state index is 10.8. The number of unbranched alkanes of at least 4 members (excludes halogenated alkanes) is 1. The molecule has 0 aliphatic rings. The predicted molar refractivity (Wildman–Crippen MR) is 47.3 cm³/mol. The number of carboxylic acid groups (broad SMARTS) is 1. The number of hydrogen-bond acceptors (Lipinski definition) is 3. The Hall–Kier alpha value is -1.06. The van der Waals surface area contributed by atoms with Crippen LogP contribution in [0.5, 0.6) is 0 Å². The van der Waals surface area contributed by atoms with Gasteiger partial charge in [0.15, 0.2) is 0 Å². The normalized spacial score (nSPS) is 14.7. The summed E-state index contributed by atoms with van der Waals surface area (Å²) in [4.78, 5) is 21.4. The maximum absolute atomic E-state index is 10.8. The first-order chi connectivity index (χ1) is 5.92. The van der Waals surface area contributed by atoms with Gasteiger partial charge >= 0.3 is 11.9 Å². The number of esters is 1. The average molecular weight is 188 g/mol. The molecule has 0 saturated heterocycles. The van der Waals surface area contributed by atoms with Crippen molar-refractivity contribution in [2.45, 2.75) is 45.6 Å². The zero-order chi connectivity index (χ0) is 10.5. The standard InChI is InChI=1S/C9H16O4/c1-4-5-6-9(3,8(11)12)13-7(2)10/h4-6H2,1-3H3,(H,11,12)/t9-/m1/s1. The van der Waals surface area contributed by atoms with Crippen LogP contribution in [0, 0.1) is 0 Å². The lowest BCUT2D eigenvalue weighted by Crippen LogP contribution is -2.39. The lowest BCUT2D eigenvalue weighted by atomic mass is 9.99. The van der Waals surface area contributed by atoms with Gasteiger partial charge in [0.1, 0.15) is 0 Å². The fourth-order valence-corrected chi connectivity index (χ4v) is 1.03. The predicted octanol–water partition coefficient (Wildman–Crippen LogP) is 1.58. The minimum absolute atomic E-state index is 0.360. The lowest BCUT2D eigenvalue weighted by Gasteiger charge is -2.23. The summed E-state index contributed by atoms with van der Waals surface area (Å²) in [5, 5.41) is 8.83. The first kappa shape index (κ1) is 11.9. The molecule has 4 nitrogen and oxygen atoms in total. The Kier molecular flexibility index (Phi) is 4.45. The Morgan fingerprint density at radius 3 is 2.31 bits per heavy atom. The van der Waals surface area contributed by atoms with Crippen molar-refractivity contribution in [2.24, 2.45) is 0 Å². The molecule has 0 heterocycles. The van der Waals surface area contributed by atoms with Crippen LogP contribution in [0.25, 0.3) is 0 Å². The number of carbonyl (C=O) groups is 2. The molecule has 0 fully saturated rings. The highest BCUT2D eigenvalue weighted by Crippen LogP contribution is 2.19. The van der Waals surface area contributed by atoms with E-state index >= 15 is 0 Å². The number of carbonyl (C=O) groups excluding carboxylic acids is 1. The third-order valence-electron chi connectivity index (χ3n) is 1.83. The van der Waals surface area contributed by atoms with E-state index in [2.05, 4.69) is 0 Å². The van der Waals surface area contributed by atoms with Crippen molar-refractivity contribution >= 4 is 11.9 Å². The summed E-state index contributed by atoms with van der Waals surface area (Å²) in [6.07, 6.45) is 1.97. The van der Waals surface area contributed by atoms with Crippen molar-refractivity contribution in [1.82, 2.24) is 0 Å². The molecule has 0 rings (SSSR count). The molecule has 0 aromatic carbocycles. The number of ether oxygens (including phenoxy) is 1. The van der Waals surface area contributed by atoms with Crippen LogP contribution in [0.1, 0.15) is 40.0 Å². The lowest BCUT2D eigenvalue weighted by molar-refractivity contribution is -0.176. The van der Waals surface area contributed by atoms with Gasteiger partial charge in [0, 0.05) is 6.92 Å². The Balaban J connectivity index is 4.34. The number of aliphatic carboxylic acids is 1. The second-order valence-electron chi connectivity index (χ2n) is 3.23. The van der Waals surface area contributed by atoms with E-state index in [1.54, 1.807) is 0 Å². The molecule has 0 unspecified atom stereocenters. The fourth-order valence-electron chi connectivity index (χ4n) is 1.03. The van der Waals surface area contributed by atoms with E-state index < -0.39 is 17.5 Å². The van der Waals surface area contributed by atoms with Gasteiger partial charge in [-0.25, -0.2) is 4.79 Å². The van der Waals surface area contributed by atoms with Crippen LogP contribution >= 0.6 is 0 Å². The molecule has 0 radical (unpaired) electrons. The molecule has 0 saturated carbocycles. The monoisotopic (exact) mass is 188 g/mol. The van der Waals surface area contributed by atoms with E-state index in [-0.39, 0.29) is 0 Å². The van der Waals surface area contributed by atoms with Gasteiger partial charge in [-0.05, 0) is 19.8 Å². The van der Waals surface area contributed by atoms with Crippen LogP contribution < -0.4 is 0 Å². The van der Waals surface area contributed by atoms with Gasteiger partial charge in [0.2, 0.25) is 5.60 Å². The van der Waals surface area contributed by atoms with Crippen LogP contribution in [0.15, 0.2) is 0 Å². The van der Waals surface area contributed by atoms with Gasteiger partial charge in [-0.3, -0.25) is 4.79 Å². The van der Waals surface area contributed by atoms with Gasteiger partial charge in [-0.1, -0.05) is 13.3 Å². The van der Waals surface area contributed by atoms with E-state index in [9.17, 15) is 9.59 Å². The molecule has 1 atom stereocenters. The van der Waals surface area contributed by atoms with Crippen molar-refractivity contribution in [2.75, 3.05) is 0 Å². The second-order valence-corrected chi connectivity index (χ2v) is 3.23. The summed E-state index contributed by atoms with van der Waals surface area (Å²) in [7, 11) is 0. The van der Waals surface area contributed by atoms with Crippen LogP contribution in [0.2, 0.25) is 0 Å². The first-order valence-electron chi connectivity index (χ1n) is 4.35. The largest absolute Gasteiger partial charge is 0.478 e. The van der Waals surface area contributed by atoms with E-state index in [0.29, 0.717) is 6.42 Å². The highest BCUT2D eigenvalue weighted by atomic mass is 16.6. The molecular formula is C9H16O4. The molecular weight excluding hydrogens is 172 g/mol. The van der Waals surface area contributed by atoms with Crippen molar-refractivity contribution < 1.29 is 19.4 Å².